The lowest BCUT2D eigenvalue weighted by molar-refractivity contribution is -0.140. The molecule has 6 rings (SSSR count). The molecule has 4 aromatic rings. The molecule has 0 N–H and O–H groups in total. The summed E-state index contributed by atoms with van der Waals surface area (Å²) in [5.41, 5.74) is -0.382. The van der Waals surface area contributed by atoms with Crippen molar-refractivity contribution in [1.29, 1.82) is 0 Å². The number of hydrogen-bond acceptors (Lipinski definition) is 5. The first-order chi connectivity index (χ1) is 19.9. The number of fused-ring (bicyclic) bond motifs is 2. The van der Waals surface area contributed by atoms with E-state index >= 15 is 0 Å². The van der Waals surface area contributed by atoms with Crippen LogP contribution in [0.2, 0.25) is 0 Å². The van der Waals surface area contributed by atoms with Crippen LogP contribution in [0.1, 0.15) is 33.7 Å². The SMILES string of the molecule is O=C(c1ccccn1)[C@]12Cc3cnn(-c4ccc(F)cc4)c3C=C1CCN(S(=O)(=O)c1ccc(C(F)(F)F)c(F)c1)C2. The number of halogens is 5. The molecule has 42 heavy (non-hydrogen) atoms. The third-order valence-corrected chi connectivity index (χ3v) is 9.51. The normalized spacial score (nSPS) is 19.1. The molecule has 0 unspecified atom stereocenters. The molecular formula is C29H21F5N4O3S. The van der Waals surface area contributed by atoms with E-state index in [1.54, 1.807) is 41.2 Å². The van der Waals surface area contributed by atoms with Crippen molar-refractivity contribution in [3.63, 3.8) is 0 Å². The number of carbonyl (C=O) groups excluding carboxylic acids is 1. The summed E-state index contributed by atoms with van der Waals surface area (Å²) in [6, 6.07) is 11.9. The first kappa shape index (κ1) is 27.9. The number of Topliss-reactive ketones (excluding diaryl/α,β-unsaturated/α-hetero) is 1. The van der Waals surface area contributed by atoms with Crippen LogP contribution < -0.4 is 0 Å². The van der Waals surface area contributed by atoms with Gasteiger partial charge in [0.15, 0.2) is 5.78 Å². The molecule has 0 saturated carbocycles. The minimum Gasteiger partial charge on any atom is -0.291 e. The Kier molecular flexibility index (Phi) is 6.61. The van der Waals surface area contributed by atoms with Gasteiger partial charge in [0.2, 0.25) is 10.0 Å². The zero-order chi connectivity index (χ0) is 29.9. The van der Waals surface area contributed by atoms with Crippen LogP contribution in [0.25, 0.3) is 11.8 Å². The fourth-order valence-corrected chi connectivity index (χ4v) is 7.10. The second-order valence-corrected chi connectivity index (χ2v) is 12.1. The van der Waals surface area contributed by atoms with Crippen LogP contribution in [-0.4, -0.2) is 46.4 Å². The Labute approximate surface area is 237 Å². The van der Waals surface area contributed by atoms with Crippen LogP contribution in [0.4, 0.5) is 22.0 Å². The summed E-state index contributed by atoms with van der Waals surface area (Å²) in [5, 5.41) is 4.43. The Hall–Kier alpha value is -4.23. The molecule has 2 aromatic heterocycles. The van der Waals surface area contributed by atoms with E-state index < -0.39 is 49.5 Å². The number of carbonyl (C=O) groups is 1. The predicted octanol–water partition coefficient (Wildman–Crippen LogP) is 5.47. The van der Waals surface area contributed by atoms with Crippen molar-refractivity contribution >= 4 is 21.9 Å². The average molecular weight is 601 g/mol. The van der Waals surface area contributed by atoms with Gasteiger partial charge >= 0.3 is 6.18 Å². The molecule has 13 heteroatoms. The van der Waals surface area contributed by atoms with E-state index in [1.165, 1.54) is 24.4 Å². The van der Waals surface area contributed by atoms with E-state index in [0.717, 1.165) is 4.31 Å². The zero-order valence-electron chi connectivity index (χ0n) is 21.6. The molecule has 3 heterocycles. The van der Waals surface area contributed by atoms with Crippen LogP contribution >= 0.6 is 0 Å². The predicted molar refractivity (Wildman–Crippen MR) is 141 cm³/mol. The highest BCUT2D eigenvalue weighted by atomic mass is 32.2. The van der Waals surface area contributed by atoms with Gasteiger partial charge in [-0.05, 0) is 79.1 Å². The summed E-state index contributed by atoms with van der Waals surface area (Å²) >= 11 is 0. The molecule has 0 bridgehead atoms. The molecule has 0 amide bonds. The number of pyridine rings is 1. The number of benzene rings is 2. The molecular weight excluding hydrogens is 579 g/mol. The summed E-state index contributed by atoms with van der Waals surface area (Å²) in [4.78, 5) is 17.7. The highest BCUT2D eigenvalue weighted by Crippen LogP contribution is 2.47. The van der Waals surface area contributed by atoms with E-state index in [4.69, 9.17) is 0 Å². The van der Waals surface area contributed by atoms with Gasteiger partial charge in [0, 0.05) is 19.3 Å². The molecule has 1 atom stereocenters. The standard InChI is InChI=1S/C29H21F5N4O3S/c30-20-4-6-21(7-5-20)38-26-13-19-10-12-37(42(40,41)22-8-9-23(24(31)14-22)29(32,33)34)17-28(19,15-18(26)16-36-38)27(39)25-3-1-2-11-35-25/h1-9,11,13-14,16H,10,12,15,17H2/t28-/m0/s1. The number of aromatic nitrogens is 3. The van der Waals surface area contributed by atoms with Gasteiger partial charge < -0.3 is 0 Å². The summed E-state index contributed by atoms with van der Waals surface area (Å²) in [6.07, 6.45) is -0.0616. The first-order valence-electron chi connectivity index (χ1n) is 12.8. The molecule has 0 radical (unpaired) electrons. The topological polar surface area (TPSA) is 85.2 Å². The van der Waals surface area contributed by atoms with E-state index in [-0.39, 0.29) is 31.6 Å². The third kappa shape index (κ3) is 4.62. The number of nitrogens with zero attached hydrogens (tertiary/aromatic N) is 4. The molecule has 2 aromatic carbocycles. The molecule has 1 fully saturated rings. The van der Waals surface area contributed by atoms with E-state index in [9.17, 15) is 35.2 Å². The summed E-state index contributed by atoms with van der Waals surface area (Å²) < 4.78 is 97.0. The molecule has 1 aliphatic heterocycles. The molecule has 1 saturated heterocycles. The maximum Gasteiger partial charge on any atom is 0.419 e. The van der Waals surface area contributed by atoms with Gasteiger partial charge in [-0.3, -0.25) is 9.78 Å². The number of hydrogen-bond donors (Lipinski definition) is 0. The Morgan fingerprint density at radius 2 is 1.76 bits per heavy atom. The Morgan fingerprint density at radius 1 is 1.00 bits per heavy atom. The van der Waals surface area contributed by atoms with Crippen molar-refractivity contribution in [2.45, 2.75) is 23.9 Å². The lowest BCUT2D eigenvalue weighted by Crippen LogP contribution is -2.53. The van der Waals surface area contributed by atoms with Gasteiger partial charge in [-0.1, -0.05) is 11.6 Å². The van der Waals surface area contributed by atoms with E-state index in [0.29, 0.717) is 40.7 Å². The fourth-order valence-electron chi connectivity index (χ4n) is 5.59. The zero-order valence-corrected chi connectivity index (χ0v) is 22.5. The van der Waals surface area contributed by atoms with Gasteiger partial charge in [-0.15, -0.1) is 0 Å². The molecule has 2 aliphatic rings. The molecule has 0 spiro atoms. The maximum absolute atomic E-state index is 14.4. The van der Waals surface area contributed by atoms with Gasteiger partial charge in [0.05, 0.1) is 33.5 Å². The number of ketones is 1. The quantitative estimate of drug-likeness (QED) is 0.224. The summed E-state index contributed by atoms with van der Waals surface area (Å²) in [6.45, 7) is -0.450. The van der Waals surface area contributed by atoms with Crippen molar-refractivity contribution < 1.29 is 35.2 Å². The minimum absolute atomic E-state index is 0.0537. The second-order valence-electron chi connectivity index (χ2n) is 10.1. The number of rotatable bonds is 5. The largest absolute Gasteiger partial charge is 0.419 e. The summed E-state index contributed by atoms with van der Waals surface area (Å²) in [5.74, 6) is -2.57. The Balaban J connectivity index is 1.42. The lowest BCUT2D eigenvalue weighted by atomic mass is 9.65. The number of alkyl halides is 3. The number of sulfonamides is 1. The molecule has 1 aliphatic carbocycles. The third-order valence-electron chi connectivity index (χ3n) is 7.67. The van der Waals surface area contributed by atoms with Gasteiger partial charge in [-0.2, -0.15) is 22.6 Å². The highest BCUT2D eigenvalue weighted by molar-refractivity contribution is 7.89. The summed E-state index contributed by atoms with van der Waals surface area (Å²) in [7, 11) is -4.50. The van der Waals surface area contributed by atoms with Gasteiger partial charge in [0.1, 0.15) is 17.3 Å². The van der Waals surface area contributed by atoms with Crippen molar-refractivity contribution in [3.8, 4) is 5.69 Å². The van der Waals surface area contributed by atoms with Crippen LogP contribution in [0.15, 0.2) is 83.5 Å². The molecule has 7 nitrogen and oxygen atoms in total. The van der Waals surface area contributed by atoms with Crippen molar-refractivity contribution in [1.82, 2.24) is 19.1 Å². The highest BCUT2D eigenvalue weighted by Gasteiger charge is 2.51. The molecule has 216 valence electrons. The van der Waals surface area contributed by atoms with Crippen LogP contribution in [0.3, 0.4) is 0 Å². The van der Waals surface area contributed by atoms with Crippen LogP contribution in [0, 0.1) is 17.0 Å². The van der Waals surface area contributed by atoms with Gasteiger partial charge in [0.25, 0.3) is 0 Å². The van der Waals surface area contributed by atoms with Crippen molar-refractivity contribution in [3.05, 3.63) is 113 Å². The minimum atomic E-state index is -4.99. The number of piperidine rings is 1. The average Bonchev–Trinajstić information content (AvgIpc) is 3.37. The first-order valence-corrected chi connectivity index (χ1v) is 14.2. The Bertz CT molecular complexity index is 1840. The fraction of sp³-hybridized carbons (Fsp3) is 0.207. The van der Waals surface area contributed by atoms with Crippen molar-refractivity contribution in [2.75, 3.05) is 13.1 Å². The lowest BCUT2D eigenvalue weighted by Gasteiger charge is -2.44. The second kappa shape index (κ2) is 9.95. The maximum atomic E-state index is 14.4. The van der Waals surface area contributed by atoms with E-state index in [1.807, 2.05) is 0 Å². The van der Waals surface area contributed by atoms with Crippen LogP contribution in [-0.2, 0) is 22.6 Å². The van der Waals surface area contributed by atoms with Gasteiger partial charge in [-0.25, -0.2) is 21.9 Å². The van der Waals surface area contributed by atoms with E-state index in [2.05, 4.69) is 10.1 Å². The monoisotopic (exact) mass is 600 g/mol. The Morgan fingerprint density at radius 3 is 2.43 bits per heavy atom. The van der Waals surface area contributed by atoms with Crippen LogP contribution in [0.5, 0.6) is 0 Å². The van der Waals surface area contributed by atoms with Crippen molar-refractivity contribution in [2.24, 2.45) is 5.41 Å². The smallest absolute Gasteiger partial charge is 0.291 e.